The van der Waals surface area contributed by atoms with Crippen LogP contribution in [0.5, 0.6) is 5.75 Å². The molecular weight excluding hydrogens is 300 g/mol. The molecule has 2 heterocycles. The van der Waals surface area contributed by atoms with Gasteiger partial charge >= 0.3 is 0 Å². The van der Waals surface area contributed by atoms with Gasteiger partial charge in [-0.1, -0.05) is 25.5 Å². The quantitative estimate of drug-likeness (QED) is 0.922. The Morgan fingerprint density at radius 2 is 2.21 bits per heavy atom. The van der Waals surface area contributed by atoms with Crippen LogP contribution >= 0.6 is 0 Å². The fourth-order valence-electron chi connectivity index (χ4n) is 4.02. The second-order valence-corrected chi connectivity index (χ2v) is 7.89. The fourth-order valence-corrected chi connectivity index (χ4v) is 4.02. The van der Waals surface area contributed by atoms with E-state index < -0.39 is 0 Å². The van der Waals surface area contributed by atoms with E-state index in [1.807, 2.05) is 4.90 Å². The minimum atomic E-state index is -0.0821. The molecule has 2 aliphatic heterocycles. The molecule has 1 aromatic rings. The van der Waals surface area contributed by atoms with Gasteiger partial charge in [-0.15, -0.1) is 0 Å². The Morgan fingerprint density at radius 1 is 1.42 bits per heavy atom. The lowest BCUT2D eigenvalue weighted by Gasteiger charge is -2.38. The Hall–Kier alpha value is -1.55. The van der Waals surface area contributed by atoms with Gasteiger partial charge in [0.25, 0.3) is 0 Å². The van der Waals surface area contributed by atoms with Crippen LogP contribution in [0.25, 0.3) is 0 Å². The molecule has 0 spiro atoms. The number of rotatable bonds is 4. The van der Waals surface area contributed by atoms with Crippen molar-refractivity contribution < 1.29 is 9.53 Å². The van der Waals surface area contributed by atoms with Crippen LogP contribution in [0.3, 0.4) is 0 Å². The van der Waals surface area contributed by atoms with E-state index in [0.717, 1.165) is 44.6 Å². The highest BCUT2D eigenvalue weighted by molar-refractivity contribution is 5.73. The van der Waals surface area contributed by atoms with Crippen LogP contribution in [0.2, 0.25) is 0 Å². The molecule has 0 radical (unpaired) electrons. The molecule has 132 valence electrons. The lowest BCUT2D eigenvalue weighted by molar-refractivity contribution is -0.131. The number of hydrogen-bond acceptors (Lipinski definition) is 3. The van der Waals surface area contributed by atoms with Crippen molar-refractivity contribution in [2.24, 2.45) is 5.92 Å². The number of nitrogens with one attached hydrogen (secondary N) is 1. The summed E-state index contributed by atoms with van der Waals surface area (Å²) in [5.41, 5.74) is 2.55. The lowest BCUT2D eigenvalue weighted by Crippen LogP contribution is -2.50. The summed E-state index contributed by atoms with van der Waals surface area (Å²) in [6, 6.07) is 7.05. The summed E-state index contributed by atoms with van der Waals surface area (Å²) in [6.45, 7) is 10.8. The van der Waals surface area contributed by atoms with Crippen LogP contribution in [-0.2, 0) is 17.8 Å². The summed E-state index contributed by atoms with van der Waals surface area (Å²) in [6.07, 6.45) is 3.12. The first-order valence-electron chi connectivity index (χ1n) is 9.17. The van der Waals surface area contributed by atoms with E-state index in [1.165, 1.54) is 11.1 Å². The third-order valence-corrected chi connectivity index (χ3v) is 5.40. The third kappa shape index (κ3) is 3.75. The molecule has 1 aromatic carbocycles. The number of benzene rings is 1. The van der Waals surface area contributed by atoms with Crippen molar-refractivity contribution in [3.8, 4) is 5.75 Å². The van der Waals surface area contributed by atoms with Gasteiger partial charge < -0.3 is 15.0 Å². The predicted octanol–water partition coefficient (Wildman–Crippen LogP) is 3.14. The first-order chi connectivity index (χ1) is 11.4. The maximum Gasteiger partial charge on any atom is 0.219 e. The van der Waals surface area contributed by atoms with Gasteiger partial charge in [-0.25, -0.2) is 0 Å². The zero-order valence-electron chi connectivity index (χ0n) is 15.4. The van der Waals surface area contributed by atoms with Gasteiger partial charge in [0.05, 0.1) is 0 Å². The minimum absolute atomic E-state index is 0.0821. The molecule has 4 nitrogen and oxygen atoms in total. The van der Waals surface area contributed by atoms with Gasteiger partial charge in [-0.2, -0.15) is 0 Å². The number of piperidine rings is 1. The molecule has 1 fully saturated rings. The van der Waals surface area contributed by atoms with E-state index in [9.17, 15) is 4.79 Å². The van der Waals surface area contributed by atoms with E-state index in [1.54, 1.807) is 6.92 Å². The Labute approximate surface area is 145 Å². The van der Waals surface area contributed by atoms with Gasteiger partial charge in [0.2, 0.25) is 5.91 Å². The van der Waals surface area contributed by atoms with Gasteiger partial charge in [-0.05, 0) is 43.4 Å². The van der Waals surface area contributed by atoms with E-state index in [0.29, 0.717) is 12.0 Å². The first-order valence-corrected chi connectivity index (χ1v) is 9.17. The molecule has 0 aliphatic carbocycles. The van der Waals surface area contributed by atoms with Crippen LogP contribution in [0.15, 0.2) is 18.2 Å². The summed E-state index contributed by atoms with van der Waals surface area (Å²) >= 11 is 0. The minimum Gasteiger partial charge on any atom is -0.487 e. The van der Waals surface area contributed by atoms with Crippen LogP contribution in [0.4, 0.5) is 0 Å². The Kier molecular flexibility index (Phi) is 4.86. The molecule has 2 atom stereocenters. The Balaban J connectivity index is 1.59. The Morgan fingerprint density at radius 3 is 2.92 bits per heavy atom. The molecule has 1 saturated heterocycles. The van der Waals surface area contributed by atoms with E-state index in [2.05, 4.69) is 44.3 Å². The van der Waals surface area contributed by atoms with Gasteiger partial charge in [0.15, 0.2) is 0 Å². The molecule has 0 bridgehead atoms. The number of hydrogen-bond donors (Lipinski definition) is 1. The van der Waals surface area contributed by atoms with Crippen molar-refractivity contribution >= 4 is 5.91 Å². The van der Waals surface area contributed by atoms with Crippen LogP contribution in [-0.4, -0.2) is 35.5 Å². The van der Waals surface area contributed by atoms with E-state index >= 15 is 0 Å². The van der Waals surface area contributed by atoms with Gasteiger partial charge in [-0.3, -0.25) is 4.79 Å². The van der Waals surface area contributed by atoms with Crippen LogP contribution in [0.1, 0.15) is 51.7 Å². The van der Waals surface area contributed by atoms with Crippen molar-refractivity contribution in [1.82, 2.24) is 10.2 Å². The smallest absolute Gasteiger partial charge is 0.219 e. The zero-order valence-corrected chi connectivity index (χ0v) is 15.4. The van der Waals surface area contributed by atoms with Crippen molar-refractivity contribution in [2.75, 3.05) is 13.1 Å². The van der Waals surface area contributed by atoms with Crippen molar-refractivity contribution in [3.63, 3.8) is 0 Å². The van der Waals surface area contributed by atoms with E-state index in [-0.39, 0.29) is 11.5 Å². The topological polar surface area (TPSA) is 41.6 Å². The predicted molar refractivity (Wildman–Crippen MR) is 96.1 cm³/mol. The third-order valence-electron chi connectivity index (χ3n) is 5.40. The average Bonchev–Trinajstić information content (AvgIpc) is 2.85. The monoisotopic (exact) mass is 330 g/mol. The average molecular weight is 330 g/mol. The van der Waals surface area contributed by atoms with Gasteiger partial charge in [0.1, 0.15) is 11.4 Å². The highest BCUT2D eigenvalue weighted by atomic mass is 16.5. The summed E-state index contributed by atoms with van der Waals surface area (Å²) < 4.78 is 5.95. The molecule has 24 heavy (non-hydrogen) atoms. The highest BCUT2D eigenvalue weighted by Crippen LogP contribution is 2.35. The lowest BCUT2D eigenvalue weighted by atomic mass is 9.89. The molecule has 1 amide bonds. The van der Waals surface area contributed by atoms with Crippen LogP contribution in [0, 0.1) is 5.92 Å². The normalized spacial score (nSPS) is 25.2. The molecule has 4 heteroatoms. The standard InChI is InChI=1S/C20H30N2O2/c1-5-16-13-22(14(2)23)9-8-18(16)21-12-15-6-7-19-17(10-15)11-20(3,4)24-19/h6-7,10,16,18,21H,5,8-9,11-13H2,1-4H3/t16-,18-/m0/s1. The number of likely N-dealkylation sites (tertiary alicyclic amines) is 1. The largest absolute Gasteiger partial charge is 0.487 e. The van der Waals surface area contributed by atoms with E-state index in [4.69, 9.17) is 4.74 Å². The summed E-state index contributed by atoms with van der Waals surface area (Å²) in [5, 5.41) is 3.73. The van der Waals surface area contributed by atoms with Gasteiger partial charge in [0, 0.05) is 39.0 Å². The maximum absolute atomic E-state index is 11.6. The second-order valence-electron chi connectivity index (χ2n) is 7.89. The number of amides is 1. The molecule has 0 unspecified atom stereocenters. The summed E-state index contributed by atoms with van der Waals surface area (Å²) in [5.74, 6) is 1.78. The van der Waals surface area contributed by atoms with Crippen molar-refractivity contribution in [2.45, 2.75) is 65.1 Å². The maximum atomic E-state index is 11.6. The zero-order chi connectivity index (χ0) is 17.3. The highest BCUT2D eigenvalue weighted by Gasteiger charge is 2.31. The molecular formula is C20H30N2O2. The number of ether oxygens (including phenoxy) is 1. The van der Waals surface area contributed by atoms with Crippen LogP contribution < -0.4 is 10.1 Å². The van der Waals surface area contributed by atoms with Crippen molar-refractivity contribution in [3.05, 3.63) is 29.3 Å². The summed E-state index contributed by atoms with van der Waals surface area (Å²) in [7, 11) is 0. The second kappa shape index (κ2) is 6.75. The van der Waals surface area contributed by atoms with Crippen molar-refractivity contribution in [1.29, 1.82) is 0 Å². The number of carbonyl (C=O) groups excluding carboxylic acids is 1. The molecule has 0 saturated carbocycles. The first kappa shape index (κ1) is 17.3. The molecule has 2 aliphatic rings. The fraction of sp³-hybridized carbons (Fsp3) is 0.650. The number of carbonyl (C=O) groups is 1. The number of nitrogens with zero attached hydrogens (tertiary/aromatic N) is 1. The summed E-state index contributed by atoms with van der Waals surface area (Å²) in [4.78, 5) is 13.6. The molecule has 3 rings (SSSR count). The molecule has 1 N–H and O–H groups in total. The SMILES string of the molecule is CC[C@H]1CN(C(C)=O)CC[C@@H]1NCc1ccc2c(c1)CC(C)(C)O2. The Bertz CT molecular complexity index is 612. The molecule has 0 aromatic heterocycles. The number of fused-ring (bicyclic) bond motifs is 1.